The lowest BCUT2D eigenvalue weighted by atomic mass is 10.1. The first kappa shape index (κ1) is 14.6. The molecule has 5 heteroatoms. The quantitative estimate of drug-likeness (QED) is 0.861. The Kier molecular flexibility index (Phi) is 4.78. The summed E-state index contributed by atoms with van der Waals surface area (Å²) in [7, 11) is 0. The van der Waals surface area contributed by atoms with Crippen LogP contribution >= 0.6 is 0 Å². The Morgan fingerprint density at radius 2 is 2.22 bits per heavy atom. The van der Waals surface area contributed by atoms with Gasteiger partial charge in [0.1, 0.15) is 11.4 Å². The minimum absolute atomic E-state index is 0.190. The van der Waals surface area contributed by atoms with Crippen molar-refractivity contribution < 1.29 is 13.9 Å². The summed E-state index contributed by atoms with van der Waals surface area (Å²) in [6, 6.07) is 1.70. The average Bonchev–Trinajstić information content (AvgIpc) is 2.60. The number of alkyl carbamates (subject to hydrolysis) is 1. The Morgan fingerprint density at radius 1 is 1.56 bits per heavy atom. The Hall–Kier alpha value is -1.49. The molecule has 0 aliphatic heterocycles. The fraction of sp³-hybridized carbons (Fsp3) is 0.615. The standard InChI is InChI=1S/C13H22N2O3/c1-9-5-6-17-11(9)7-10(8-14)15-12(16)18-13(2,3)4/h5-6,10H,7-8,14H2,1-4H3,(H,15,16). The number of furan rings is 1. The molecule has 0 saturated heterocycles. The van der Waals surface area contributed by atoms with E-state index in [0.29, 0.717) is 13.0 Å². The third kappa shape index (κ3) is 4.79. The highest BCUT2D eigenvalue weighted by Gasteiger charge is 2.20. The first-order valence-corrected chi connectivity index (χ1v) is 6.04. The molecular weight excluding hydrogens is 232 g/mol. The topological polar surface area (TPSA) is 77.5 Å². The maximum absolute atomic E-state index is 11.6. The second-order valence-electron chi connectivity index (χ2n) is 5.31. The summed E-state index contributed by atoms with van der Waals surface area (Å²) in [5.74, 6) is 0.835. The van der Waals surface area contributed by atoms with Crippen molar-refractivity contribution >= 4 is 6.09 Å². The predicted molar refractivity (Wildman–Crippen MR) is 69.4 cm³/mol. The summed E-state index contributed by atoms with van der Waals surface area (Å²) in [5.41, 5.74) is 6.18. The van der Waals surface area contributed by atoms with Gasteiger partial charge in [-0.05, 0) is 39.3 Å². The van der Waals surface area contributed by atoms with E-state index in [1.807, 2.05) is 33.8 Å². The van der Waals surface area contributed by atoms with Gasteiger partial charge in [0.2, 0.25) is 0 Å². The molecule has 3 N–H and O–H groups in total. The van der Waals surface area contributed by atoms with Crippen molar-refractivity contribution in [3.63, 3.8) is 0 Å². The summed E-state index contributed by atoms with van der Waals surface area (Å²) < 4.78 is 10.5. The van der Waals surface area contributed by atoms with E-state index < -0.39 is 11.7 Å². The van der Waals surface area contributed by atoms with Gasteiger partial charge in [-0.2, -0.15) is 0 Å². The number of nitrogens with one attached hydrogen (secondary N) is 1. The highest BCUT2D eigenvalue weighted by molar-refractivity contribution is 5.68. The Bertz CT molecular complexity index is 393. The molecule has 0 saturated carbocycles. The molecule has 1 aromatic rings. The summed E-state index contributed by atoms with van der Waals surface area (Å²) in [5, 5.41) is 2.74. The third-order valence-corrected chi connectivity index (χ3v) is 2.41. The van der Waals surface area contributed by atoms with Gasteiger partial charge in [-0.25, -0.2) is 4.79 Å². The van der Waals surface area contributed by atoms with Gasteiger partial charge in [-0.1, -0.05) is 0 Å². The van der Waals surface area contributed by atoms with Crippen LogP contribution in [-0.4, -0.2) is 24.3 Å². The van der Waals surface area contributed by atoms with Crippen molar-refractivity contribution in [1.82, 2.24) is 5.32 Å². The van der Waals surface area contributed by atoms with E-state index >= 15 is 0 Å². The number of carbonyl (C=O) groups is 1. The monoisotopic (exact) mass is 254 g/mol. The van der Waals surface area contributed by atoms with E-state index in [0.717, 1.165) is 11.3 Å². The van der Waals surface area contributed by atoms with Gasteiger partial charge >= 0.3 is 6.09 Å². The van der Waals surface area contributed by atoms with E-state index in [1.54, 1.807) is 6.26 Å². The van der Waals surface area contributed by atoms with Gasteiger partial charge in [0.15, 0.2) is 0 Å². The van der Waals surface area contributed by atoms with Gasteiger partial charge in [0.05, 0.1) is 12.3 Å². The van der Waals surface area contributed by atoms with Crippen molar-refractivity contribution in [3.05, 3.63) is 23.7 Å². The number of rotatable bonds is 4. The molecule has 1 rings (SSSR count). The minimum atomic E-state index is -0.510. The van der Waals surface area contributed by atoms with Crippen LogP contribution < -0.4 is 11.1 Å². The molecule has 0 fully saturated rings. The zero-order valence-corrected chi connectivity index (χ0v) is 11.4. The zero-order chi connectivity index (χ0) is 13.8. The van der Waals surface area contributed by atoms with Crippen LogP contribution in [0.4, 0.5) is 4.79 Å². The molecule has 0 aromatic carbocycles. The van der Waals surface area contributed by atoms with Crippen LogP contribution in [0.3, 0.4) is 0 Å². The summed E-state index contributed by atoms with van der Waals surface area (Å²) >= 11 is 0. The van der Waals surface area contributed by atoms with Gasteiger partial charge < -0.3 is 20.2 Å². The molecular formula is C13H22N2O3. The lowest BCUT2D eigenvalue weighted by Gasteiger charge is -2.22. The van der Waals surface area contributed by atoms with Crippen molar-refractivity contribution in [1.29, 1.82) is 0 Å². The van der Waals surface area contributed by atoms with Crippen LogP contribution in [0.15, 0.2) is 16.7 Å². The van der Waals surface area contributed by atoms with Gasteiger partial charge in [0, 0.05) is 13.0 Å². The normalized spacial score (nSPS) is 13.2. The van der Waals surface area contributed by atoms with Crippen LogP contribution in [0.2, 0.25) is 0 Å². The predicted octanol–water partition coefficient (Wildman–Crippen LogP) is 1.98. The van der Waals surface area contributed by atoms with E-state index in [1.165, 1.54) is 0 Å². The van der Waals surface area contributed by atoms with Crippen molar-refractivity contribution in [2.24, 2.45) is 5.73 Å². The molecule has 1 unspecified atom stereocenters. The Balaban J connectivity index is 2.52. The number of amides is 1. The minimum Gasteiger partial charge on any atom is -0.469 e. The number of carbonyl (C=O) groups excluding carboxylic acids is 1. The van der Waals surface area contributed by atoms with E-state index in [-0.39, 0.29) is 6.04 Å². The first-order valence-electron chi connectivity index (χ1n) is 6.04. The van der Waals surface area contributed by atoms with Crippen molar-refractivity contribution in [3.8, 4) is 0 Å². The van der Waals surface area contributed by atoms with Crippen LogP contribution in [0.5, 0.6) is 0 Å². The maximum Gasteiger partial charge on any atom is 0.407 e. The zero-order valence-electron chi connectivity index (χ0n) is 11.4. The Labute approximate surface area is 108 Å². The molecule has 0 bridgehead atoms. The smallest absolute Gasteiger partial charge is 0.407 e. The summed E-state index contributed by atoms with van der Waals surface area (Å²) in [6.45, 7) is 7.75. The molecule has 1 atom stereocenters. The van der Waals surface area contributed by atoms with Gasteiger partial charge in [-0.3, -0.25) is 0 Å². The average molecular weight is 254 g/mol. The summed E-state index contributed by atoms with van der Waals surface area (Å²) in [4.78, 5) is 11.6. The lowest BCUT2D eigenvalue weighted by molar-refractivity contribution is 0.0505. The molecule has 102 valence electrons. The Morgan fingerprint density at radius 3 is 2.67 bits per heavy atom. The second kappa shape index (κ2) is 5.91. The number of aryl methyl sites for hydroxylation is 1. The van der Waals surface area contributed by atoms with Crippen LogP contribution in [0, 0.1) is 6.92 Å². The van der Waals surface area contributed by atoms with Crippen molar-refractivity contribution in [2.75, 3.05) is 6.54 Å². The lowest BCUT2D eigenvalue weighted by Crippen LogP contribution is -2.44. The highest BCUT2D eigenvalue weighted by Crippen LogP contribution is 2.12. The largest absolute Gasteiger partial charge is 0.469 e. The van der Waals surface area contributed by atoms with Crippen molar-refractivity contribution in [2.45, 2.75) is 45.8 Å². The number of ether oxygens (including phenoxy) is 1. The summed E-state index contributed by atoms with van der Waals surface area (Å²) in [6.07, 6.45) is 1.74. The van der Waals surface area contributed by atoms with Crippen LogP contribution in [-0.2, 0) is 11.2 Å². The SMILES string of the molecule is Cc1ccoc1CC(CN)NC(=O)OC(C)(C)C. The third-order valence-electron chi connectivity index (χ3n) is 2.41. The second-order valence-corrected chi connectivity index (χ2v) is 5.31. The molecule has 0 aliphatic rings. The molecule has 1 amide bonds. The van der Waals surface area contributed by atoms with Crippen LogP contribution in [0.1, 0.15) is 32.1 Å². The van der Waals surface area contributed by atoms with Crippen LogP contribution in [0.25, 0.3) is 0 Å². The molecule has 5 nitrogen and oxygen atoms in total. The first-order chi connectivity index (χ1) is 8.31. The number of hydrogen-bond donors (Lipinski definition) is 2. The molecule has 0 radical (unpaired) electrons. The van der Waals surface area contributed by atoms with E-state index in [4.69, 9.17) is 14.9 Å². The van der Waals surface area contributed by atoms with Gasteiger partial charge in [0.25, 0.3) is 0 Å². The molecule has 1 heterocycles. The molecule has 18 heavy (non-hydrogen) atoms. The highest BCUT2D eigenvalue weighted by atomic mass is 16.6. The maximum atomic E-state index is 11.6. The molecule has 0 aliphatic carbocycles. The fourth-order valence-corrected chi connectivity index (χ4v) is 1.50. The van der Waals surface area contributed by atoms with E-state index in [9.17, 15) is 4.79 Å². The number of hydrogen-bond acceptors (Lipinski definition) is 4. The molecule has 1 aromatic heterocycles. The van der Waals surface area contributed by atoms with E-state index in [2.05, 4.69) is 5.32 Å². The van der Waals surface area contributed by atoms with Gasteiger partial charge in [-0.15, -0.1) is 0 Å². The fourth-order valence-electron chi connectivity index (χ4n) is 1.50. The number of nitrogens with two attached hydrogens (primary N) is 1. The molecule has 0 spiro atoms.